The highest BCUT2D eigenvalue weighted by molar-refractivity contribution is 7.88. The van der Waals surface area contributed by atoms with E-state index in [1.165, 1.54) is 6.26 Å². The molecule has 0 aromatic heterocycles. The van der Waals surface area contributed by atoms with Gasteiger partial charge in [0.1, 0.15) is 11.4 Å². The molecule has 1 atom stereocenters. The lowest BCUT2D eigenvalue weighted by atomic mass is 9.80. The number of aliphatic carboxylic acids is 1. The smallest absolute Gasteiger partial charge is 0.487 e. The van der Waals surface area contributed by atoms with Gasteiger partial charge in [0, 0.05) is 31.1 Å². The Morgan fingerprint density at radius 3 is 2.27 bits per heavy atom. The van der Waals surface area contributed by atoms with Crippen LogP contribution in [0.15, 0.2) is 24.3 Å². The molecule has 0 saturated carbocycles. The number of carbonyl (C=O) groups is 1. The monoisotopic (exact) mass is 452 g/mol. The van der Waals surface area contributed by atoms with Crippen LogP contribution in [0.3, 0.4) is 0 Å². The summed E-state index contributed by atoms with van der Waals surface area (Å²) in [6.45, 7) is 6.41. The van der Waals surface area contributed by atoms with E-state index < -0.39 is 22.2 Å². The standard InChI is InChI=1S/C17H26N2O3S.C2HF3O2/c1-13(2)19-10-8-17(9-11-19)12-15(18-23(3,20)21)14-6-4-5-7-16(14)22-17;3-2(4,5)1(6)7/h4-7,13,15,18H,8-12H2,1-3H3;(H,6,7). The van der Waals surface area contributed by atoms with E-state index in [1.807, 2.05) is 24.3 Å². The number of alkyl halides is 3. The molecule has 3 rings (SSSR count). The van der Waals surface area contributed by atoms with Gasteiger partial charge in [-0.3, -0.25) is 0 Å². The number of rotatable bonds is 3. The highest BCUT2D eigenvalue weighted by Gasteiger charge is 2.44. The van der Waals surface area contributed by atoms with E-state index in [2.05, 4.69) is 23.5 Å². The first kappa shape index (κ1) is 24.4. The SMILES string of the molecule is CC(C)N1CCC2(CC1)CC(NS(C)(=O)=O)c1ccccc1O2.O=C(O)C(F)(F)F. The zero-order valence-corrected chi connectivity index (χ0v) is 17.9. The summed E-state index contributed by atoms with van der Waals surface area (Å²) in [6, 6.07) is 8.10. The Bertz CT molecular complexity index is 850. The number of benzene rings is 1. The number of nitrogens with zero attached hydrogens (tertiary/aromatic N) is 1. The molecule has 7 nitrogen and oxygen atoms in total. The van der Waals surface area contributed by atoms with Gasteiger partial charge >= 0.3 is 12.1 Å². The van der Waals surface area contributed by atoms with Crippen molar-refractivity contribution in [3.8, 4) is 5.75 Å². The van der Waals surface area contributed by atoms with Gasteiger partial charge in [-0.2, -0.15) is 13.2 Å². The quantitative estimate of drug-likeness (QED) is 0.732. The van der Waals surface area contributed by atoms with Gasteiger partial charge in [-0.15, -0.1) is 0 Å². The highest BCUT2D eigenvalue weighted by Crippen LogP contribution is 2.44. The van der Waals surface area contributed by atoms with Gasteiger partial charge in [-0.1, -0.05) is 18.2 Å². The molecule has 0 aliphatic carbocycles. The van der Waals surface area contributed by atoms with E-state index in [1.54, 1.807) is 0 Å². The van der Waals surface area contributed by atoms with E-state index >= 15 is 0 Å². The van der Waals surface area contributed by atoms with Crippen LogP contribution < -0.4 is 9.46 Å². The van der Waals surface area contributed by atoms with Crippen LogP contribution in [-0.2, 0) is 14.8 Å². The number of hydrogen-bond donors (Lipinski definition) is 2. The van der Waals surface area contributed by atoms with Crippen LogP contribution in [0.4, 0.5) is 13.2 Å². The van der Waals surface area contributed by atoms with E-state index in [0.717, 1.165) is 37.2 Å². The van der Waals surface area contributed by atoms with E-state index in [-0.39, 0.29) is 11.6 Å². The van der Waals surface area contributed by atoms with Crippen LogP contribution in [0.25, 0.3) is 0 Å². The van der Waals surface area contributed by atoms with Gasteiger partial charge in [-0.05, 0) is 32.8 Å². The number of carboxylic acid groups (broad SMARTS) is 1. The Morgan fingerprint density at radius 2 is 1.80 bits per heavy atom. The van der Waals surface area contributed by atoms with Crippen molar-refractivity contribution in [3.05, 3.63) is 29.8 Å². The number of halogens is 3. The molecule has 0 radical (unpaired) electrons. The number of sulfonamides is 1. The minimum atomic E-state index is -5.08. The van der Waals surface area contributed by atoms with Crippen LogP contribution in [0.1, 0.15) is 44.7 Å². The third kappa shape index (κ3) is 6.58. The number of carboxylic acids is 1. The van der Waals surface area contributed by atoms with Crippen LogP contribution in [0.2, 0.25) is 0 Å². The van der Waals surface area contributed by atoms with Crippen LogP contribution in [-0.4, -0.2) is 61.6 Å². The lowest BCUT2D eigenvalue weighted by Gasteiger charge is -2.47. The zero-order chi connectivity index (χ0) is 22.7. The molecule has 1 aromatic carbocycles. The fourth-order valence-electron chi connectivity index (χ4n) is 3.74. The van der Waals surface area contributed by atoms with Gasteiger partial charge < -0.3 is 14.7 Å². The lowest BCUT2D eigenvalue weighted by molar-refractivity contribution is -0.192. The molecule has 1 spiro atoms. The Balaban J connectivity index is 0.000000396. The topological polar surface area (TPSA) is 95.9 Å². The summed E-state index contributed by atoms with van der Waals surface area (Å²) in [7, 11) is -3.26. The highest BCUT2D eigenvalue weighted by atomic mass is 32.2. The number of likely N-dealkylation sites (tertiary alicyclic amines) is 1. The molecule has 2 N–H and O–H groups in total. The first-order valence-electron chi connectivity index (χ1n) is 9.52. The average molecular weight is 452 g/mol. The Kier molecular flexibility index (Phi) is 7.41. The Morgan fingerprint density at radius 1 is 1.27 bits per heavy atom. The summed E-state index contributed by atoms with van der Waals surface area (Å²) in [4.78, 5) is 11.3. The molecule has 0 bridgehead atoms. The van der Waals surface area contributed by atoms with E-state index in [4.69, 9.17) is 14.6 Å². The fraction of sp³-hybridized carbons (Fsp3) is 0.632. The summed E-state index contributed by atoms with van der Waals surface area (Å²) in [5.41, 5.74) is 0.678. The maximum absolute atomic E-state index is 11.8. The minimum absolute atomic E-state index is 0.208. The molecule has 11 heteroatoms. The molecule has 2 aliphatic rings. The molecule has 170 valence electrons. The molecule has 0 amide bonds. The zero-order valence-electron chi connectivity index (χ0n) is 17.1. The second-order valence-corrected chi connectivity index (χ2v) is 9.68. The first-order valence-corrected chi connectivity index (χ1v) is 11.4. The van der Waals surface area contributed by atoms with Crippen molar-refractivity contribution in [1.29, 1.82) is 0 Å². The molecule has 1 fully saturated rings. The van der Waals surface area contributed by atoms with Gasteiger partial charge in [0.2, 0.25) is 10.0 Å². The Hall–Kier alpha value is -1.85. The number of ether oxygens (including phenoxy) is 1. The van der Waals surface area contributed by atoms with Gasteiger partial charge in [0.15, 0.2) is 0 Å². The molecule has 1 aromatic rings. The van der Waals surface area contributed by atoms with Gasteiger partial charge in [0.05, 0.1) is 12.3 Å². The summed E-state index contributed by atoms with van der Waals surface area (Å²) < 4.78 is 64.4. The van der Waals surface area contributed by atoms with Crippen molar-refractivity contribution < 1.29 is 36.2 Å². The van der Waals surface area contributed by atoms with Crippen molar-refractivity contribution in [2.24, 2.45) is 0 Å². The number of hydrogen-bond acceptors (Lipinski definition) is 5. The molecular formula is C19H27F3N2O5S. The van der Waals surface area contributed by atoms with Gasteiger partial charge in [0.25, 0.3) is 0 Å². The average Bonchev–Trinajstić information content (AvgIpc) is 2.60. The van der Waals surface area contributed by atoms with Crippen molar-refractivity contribution in [2.45, 2.75) is 57.0 Å². The van der Waals surface area contributed by atoms with Gasteiger partial charge in [-0.25, -0.2) is 17.9 Å². The summed E-state index contributed by atoms with van der Waals surface area (Å²) in [5.74, 6) is -1.94. The Labute approximate surface area is 174 Å². The van der Waals surface area contributed by atoms with Crippen LogP contribution in [0, 0.1) is 0 Å². The number of piperidine rings is 1. The van der Waals surface area contributed by atoms with Crippen molar-refractivity contribution >= 4 is 16.0 Å². The number of nitrogens with one attached hydrogen (secondary N) is 1. The molecule has 30 heavy (non-hydrogen) atoms. The third-order valence-electron chi connectivity index (χ3n) is 5.24. The maximum Gasteiger partial charge on any atom is 0.490 e. The largest absolute Gasteiger partial charge is 0.490 e. The lowest BCUT2D eigenvalue weighted by Crippen LogP contribution is -2.53. The predicted molar refractivity (Wildman–Crippen MR) is 105 cm³/mol. The number of para-hydroxylation sites is 1. The predicted octanol–water partition coefficient (Wildman–Crippen LogP) is 2.94. The van der Waals surface area contributed by atoms with Crippen LogP contribution in [0.5, 0.6) is 5.75 Å². The summed E-state index contributed by atoms with van der Waals surface area (Å²) in [6.07, 6.45) is -1.30. The fourth-order valence-corrected chi connectivity index (χ4v) is 4.46. The van der Waals surface area contributed by atoms with E-state index in [9.17, 15) is 21.6 Å². The normalized spacial score (nSPS) is 21.4. The second kappa shape index (κ2) is 9.11. The summed E-state index contributed by atoms with van der Waals surface area (Å²) in [5, 5.41) is 7.12. The third-order valence-corrected chi connectivity index (χ3v) is 5.95. The minimum Gasteiger partial charge on any atom is -0.487 e. The molecule has 2 heterocycles. The first-order chi connectivity index (χ1) is 13.7. The van der Waals surface area contributed by atoms with E-state index in [0.29, 0.717) is 12.5 Å². The van der Waals surface area contributed by atoms with Crippen LogP contribution >= 0.6 is 0 Å². The molecular weight excluding hydrogens is 425 g/mol. The molecule has 1 saturated heterocycles. The maximum atomic E-state index is 11.8. The molecule has 2 aliphatic heterocycles. The van der Waals surface area contributed by atoms with Crippen molar-refractivity contribution in [3.63, 3.8) is 0 Å². The molecule has 1 unspecified atom stereocenters. The number of fused-ring (bicyclic) bond motifs is 1. The van der Waals surface area contributed by atoms with Crippen molar-refractivity contribution in [2.75, 3.05) is 19.3 Å². The summed E-state index contributed by atoms with van der Waals surface area (Å²) >= 11 is 0. The second-order valence-electron chi connectivity index (χ2n) is 7.90. The van der Waals surface area contributed by atoms with Crippen molar-refractivity contribution in [1.82, 2.24) is 9.62 Å².